The smallest absolute Gasteiger partial charge is 0.202 e. The summed E-state index contributed by atoms with van der Waals surface area (Å²) >= 11 is 0. The first kappa shape index (κ1) is 13.4. The van der Waals surface area contributed by atoms with Gasteiger partial charge >= 0.3 is 0 Å². The summed E-state index contributed by atoms with van der Waals surface area (Å²) in [5, 5.41) is 3.46. The van der Waals surface area contributed by atoms with E-state index in [2.05, 4.69) is 32.9 Å². The van der Waals surface area contributed by atoms with Crippen LogP contribution < -0.4 is 5.32 Å². The number of hydrogen-bond acceptors (Lipinski definition) is 3. The van der Waals surface area contributed by atoms with Crippen molar-refractivity contribution < 1.29 is 0 Å². The SMILES string of the molecule is CCCCn1ccnc1NCCN1CCCCC1. The summed E-state index contributed by atoms with van der Waals surface area (Å²) in [7, 11) is 0. The van der Waals surface area contributed by atoms with Crippen molar-refractivity contribution >= 4 is 5.95 Å². The number of hydrogen-bond donors (Lipinski definition) is 1. The van der Waals surface area contributed by atoms with Crippen LogP contribution in [-0.2, 0) is 6.54 Å². The second-order valence-electron chi connectivity index (χ2n) is 5.13. The number of unbranched alkanes of at least 4 members (excludes halogenated alkanes) is 1. The Labute approximate surface area is 110 Å². The van der Waals surface area contributed by atoms with Crippen molar-refractivity contribution in [3.8, 4) is 0 Å². The van der Waals surface area contributed by atoms with Crippen molar-refractivity contribution in [3.05, 3.63) is 12.4 Å². The highest BCUT2D eigenvalue weighted by Gasteiger charge is 2.09. The molecule has 0 bridgehead atoms. The minimum absolute atomic E-state index is 1.00. The van der Waals surface area contributed by atoms with Crippen LogP contribution in [-0.4, -0.2) is 40.6 Å². The molecule has 2 heterocycles. The Morgan fingerprint density at radius 3 is 2.83 bits per heavy atom. The molecule has 0 aromatic carbocycles. The van der Waals surface area contributed by atoms with E-state index in [1.54, 1.807) is 0 Å². The van der Waals surface area contributed by atoms with E-state index in [0.29, 0.717) is 0 Å². The number of nitrogens with zero attached hydrogens (tertiary/aromatic N) is 3. The maximum Gasteiger partial charge on any atom is 0.202 e. The molecule has 4 heteroatoms. The molecule has 0 spiro atoms. The number of likely N-dealkylation sites (tertiary alicyclic amines) is 1. The molecule has 1 fully saturated rings. The zero-order valence-corrected chi connectivity index (χ0v) is 11.6. The lowest BCUT2D eigenvalue weighted by atomic mass is 10.1. The molecule has 0 saturated carbocycles. The molecule has 0 amide bonds. The first-order valence-corrected chi connectivity index (χ1v) is 7.37. The molecule has 1 N–H and O–H groups in total. The molecule has 0 aliphatic carbocycles. The number of rotatable bonds is 7. The first-order chi connectivity index (χ1) is 8.90. The van der Waals surface area contributed by atoms with Gasteiger partial charge in [-0.15, -0.1) is 0 Å². The molecule has 18 heavy (non-hydrogen) atoms. The van der Waals surface area contributed by atoms with E-state index in [1.165, 1.54) is 45.2 Å². The quantitative estimate of drug-likeness (QED) is 0.807. The maximum absolute atomic E-state index is 4.39. The van der Waals surface area contributed by atoms with Gasteiger partial charge < -0.3 is 14.8 Å². The van der Waals surface area contributed by atoms with Crippen LogP contribution in [0.15, 0.2) is 12.4 Å². The van der Waals surface area contributed by atoms with Gasteiger partial charge in [0.2, 0.25) is 5.95 Å². The molecule has 1 saturated heterocycles. The summed E-state index contributed by atoms with van der Waals surface area (Å²) in [6.45, 7) is 7.98. The summed E-state index contributed by atoms with van der Waals surface area (Å²) in [6.07, 6.45) is 10.5. The van der Waals surface area contributed by atoms with Crippen molar-refractivity contribution in [2.45, 2.75) is 45.6 Å². The minimum atomic E-state index is 1.00. The van der Waals surface area contributed by atoms with Gasteiger partial charge in [0, 0.05) is 32.0 Å². The van der Waals surface area contributed by atoms with Crippen molar-refractivity contribution in [1.82, 2.24) is 14.5 Å². The molecule has 2 rings (SSSR count). The van der Waals surface area contributed by atoms with Crippen molar-refractivity contribution in [2.24, 2.45) is 0 Å². The van der Waals surface area contributed by atoms with E-state index in [4.69, 9.17) is 0 Å². The van der Waals surface area contributed by atoms with Gasteiger partial charge in [-0.2, -0.15) is 0 Å². The maximum atomic E-state index is 4.39. The Hall–Kier alpha value is -1.03. The van der Waals surface area contributed by atoms with Crippen LogP contribution >= 0.6 is 0 Å². The summed E-state index contributed by atoms with van der Waals surface area (Å²) in [4.78, 5) is 6.94. The average Bonchev–Trinajstić information content (AvgIpc) is 2.85. The number of nitrogens with one attached hydrogen (secondary N) is 1. The molecule has 0 radical (unpaired) electrons. The van der Waals surface area contributed by atoms with Gasteiger partial charge in [0.15, 0.2) is 0 Å². The zero-order chi connectivity index (χ0) is 12.6. The van der Waals surface area contributed by atoms with Crippen LogP contribution in [0.5, 0.6) is 0 Å². The lowest BCUT2D eigenvalue weighted by molar-refractivity contribution is 0.237. The van der Waals surface area contributed by atoms with Crippen LogP contribution in [0.3, 0.4) is 0 Å². The molecule has 0 unspecified atom stereocenters. The van der Waals surface area contributed by atoms with E-state index in [0.717, 1.165) is 25.6 Å². The summed E-state index contributed by atoms with van der Waals surface area (Å²) in [5.41, 5.74) is 0. The van der Waals surface area contributed by atoms with E-state index in [-0.39, 0.29) is 0 Å². The van der Waals surface area contributed by atoms with E-state index >= 15 is 0 Å². The highest BCUT2D eigenvalue weighted by molar-refractivity contribution is 5.25. The number of piperidine rings is 1. The number of imidazole rings is 1. The van der Waals surface area contributed by atoms with Crippen LogP contribution in [0.25, 0.3) is 0 Å². The topological polar surface area (TPSA) is 33.1 Å². The van der Waals surface area contributed by atoms with E-state index in [9.17, 15) is 0 Å². The normalized spacial score (nSPS) is 16.9. The lowest BCUT2D eigenvalue weighted by Gasteiger charge is -2.26. The second kappa shape index (κ2) is 7.41. The van der Waals surface area contributed by atoms with Gasteiger partial charge in [-0.3, -0.25) is 0 Å². The Kier molecular flexibility index (Phi) is 5.52. The van der Waals surface area contributed by atoms with Crippen LogP contribution in [0.4, 0.5) is 5.95 Å². The van der Waals surface area contributed by atoms with Crippen LogP contribution in [0, 0.1) is 0 Å². The van der Waals surface area contributed by atoms with Crippen LogP contribution in [0.2, 0.25) is 0 Å². The Morgan fingerprint density at radius 1 is 1.22 bits per heavy atom. The summed E-state index contributed by atoms with van der Waals surface area (Å²) < 4.78 is 2.22. The fourth-order valence-corrected chi connectivity index (χ4v) is 2.49. The summed E-state index contributed by atoms with van der Waals surface area (Å²) in [6, 6.07) is 0. The molecule has 102 valence electrons. The summed E-state index contributed by atoms with van der Waals surface area (Å²) in [5.74, 6) is 1.03. The standard InChI is InChI=1S/C14H26N4/c1-2-3-11-18-13-8-16-14(18)15-7-12-17-9-5-4-6-10-17/h8,13H,2-7,9-12H2,1H3,(H,15,16). The Morgan fingerprint density at radius 2 is 2.06 bits per heavy atom. The first-order valence-electron chi connectivity index (χ1n) is 7.37. The van der Waals surface area contributed by atoms with Gasteiger partial charge in [-0.05, 0) is 32.4 Å². The molecule has 1 aliphatic heterocycles. The Balaban J connectivity index is 1.70. The predicted octanol–water partition coefficient (Wildman–Crippen LogP) is 2.58. The minimum Gasteiger partial charge on any atom is -0.354 e. The fourth-order valence-electron chi connectivity index (χ4n) is 2.49. The highest BCUT2D eigenvalue weighted by Crippen LogP contribution is 2.09. The van der Waals surface area contributed by atoms with Gasteiger partial charge in [0.05, 0.1) is 0 Å². The van der Waals surface area contributed by atoms with E-state index in [1.807, 2.05) is 6.20 Å². The average molecular weight is 250 g/mol. The van der Waals surface area contributed by atoms with Gasteiger partial charge in [-0.25, -0.2) is 4.98 Å². The number of anilines is 1. The predicted molar refractivity (Wildman–Crippen MR) is 75.9 cm³/mol. The van der Waals surface area contributed by atoms with Gasteiger partial charge in [0.1, 0.15) is 0 Å². The fraction of sp³-hybridized carbons (Fsp3) is 0.786. The van der Waals surface area contributed by atoms with Crippen molar-refractivity contribution in [1.29, 1.82) is 0 Å². The van der Waals surface area contributed by atoms with Crippen LogP contribution in [0.1, 0.15) is 39.0 Å². The molecule has 0 atom stereocenters. The van der Waals surface area contributed by atoms with Gasteiger partial charge in [-0.1, -0.05) is 19.8 Å². The third-order valence-corrected chi connectivity index (χ3v) is 3.63. The third kappa shape index (κ3) is 4.02. The Bertz CT molecular complexity index is 328. The zero-order valence-electron chi connectivity index (χ0n) is 11.6. The lowest BCUT2D eigenvalue weighted by Crippen LogP contribution is -2.34. The monoisotopic (exact) mass is 250 g/mol. The molecule has 1 aromatic heterocycles. The number of aromatic nitrogens is 2. The molecular formula is C14H26N4. The molecule has 1 aromatic rings. The largest absolute Gasteiger partial charge is 0.354 e. The van der Waals surface area contributed by atoms with Crippen molar-refractivity contribution in [2.75, 3.05) is 31.5 Å². The number of aryl methyl sites for hydroxylation is 1. The highest BCUT2D eigenvalue weighted by atomic mass is 15.2. The van der Waals surface area contributed by atoms with Crippen molar-refractivity contribution in [3.63, 3.8) is 0 Å². The molecule has 4 nitrogen and oxygen atoms in total. The second-order valence-corrected chi connectivity index (χ2v) is 5.13. The third-order valence-electron chi connectivity index (χ3n) is 3.63. The van der Waals surface area contributed by atoms with Gasteiger partial charge in [0.25, 0.3) is 0 Å². The van der Waals surface area contributed by atoms with E-state index < -0.39 is 0 Å². The molecular weight excluding hydrogens is 224 g/mol. The molecule has 1 aliphatic rings.